The Bertz CT molecular complexity index is 1010. The Morgan fingerprint density at radius 1 is 0.917 bits per heavy atom. The van der Waals surface area contributed by atoms with Crippen LogP contribution < -0.4 is 4.74 Å². The van der Waals surface area contributed by atoms with Gasteiger partial charge in [-0.1, -0.05) is 6.07 Å². The first-order chi connectivity index (χ1) is 11.7. The summed E-state index contributed by atoms with van der Waals surface area (Å²) in [5.41, 5.74) is 2.49. The molecule has 0 saturated heterocycles. The maximum Gasteiger partial charge on any atom is 0.322 e. The predicted octanol–water partition coefficient (Wildman–Crippen LogP) is 3.86. The smallest absolute Gasteiger partial charge is 0.322 e. The van der Waals surface area contributed by atoms with Crippen molar-refractivity contribution in [1.82, 2.24) is 19.4 Å². The second kappa shape index (κ2) is 5.69. The van der Waals surface area contributed by atoms with Crippen molar-refractivity contribution in [2.24, 2.45) is 0 Å². The zero-order valence-electron chi connectivity index (χ0n) is 12.2. The molecule has 0 aliphatic heterocycles. The Hall–Kier alpha value is -3.35. The average Bonchev–Trinajstić information content (AvgIpc) is 3.07. The molecule has 0 atom stereocenters. The fourth-order valence-electron chi connectivity index (χ4n) is 2.27. The van der Waals surface area contributed by atoms with Crippen LogP contribution in [0.4, 0.5) is 8.78 Å². The minimum Gasteiger partial charge on any atom is -0.421 e. The number of imidazole rings is 1. The van der Waals surface area contributed by atoms with Gasteiger partial charge in [0.2, 0.25) is 5.82 Å². The van der Waals surface area contributed by atoms with Crippen molar-refractivity contribution < 1.29 is 13.5 Å². The van der Waals surface area contributed by atoms with Crippen LogP contribution in [-0.2, 0) is 0 Å². The van der Waals surface area contributed by atoms with Gasteiger partial charge in [-0.3, -0.25) is 0 Å². The SMILES string of the molecule is Fc1cccc(Oc2ncc(-c3ccc4nccn4c3)cn2)c1F. The van der Waals surface area contributed by atoms with E-state index in [0.29, 0.717) is 0 Å². The summed E-state index contributed by atoms with van der Waals surface area (Å²) >= 11 is 0. The maximum absolute atomic E-state index is 13.6. The van der Waals surface area contributed by atoms with Crippen LogP contribution in [0, 0.1) is 11.6 Å². The van der Waals surface area contributed by atoms with E-state index in [-0.39, 0.29) is 11.8 Å². The molecule has 3 aromatic heterocycles. The molecule has 1 aromatic carbocycles. The maximum atomic E-state index is 13.6. The quantitative estimate of drug-likeness (QED) is 0.574. The van der Waals surface area contributed by atoms with Crippen LogP contribution >= 0.6 is 0 Å². The van der Waals surface area contributed by atoms with Gasteiger partial charge in [-0.05, 0) is 24.3 Å². The van der Waals surface area contributed by atoms with E-state index < -0.39 is 11.6 Å². The lowest BCUT2D eigenvalue weighted by molar-refractivity contribution is 0.393. The molecular formula is C17H10F2N4O. The molecule has 0 aliphatic carbocycles. The van der Waals surface area contributed by atoms with E-state index in [4.69, 9.17) is 4.74 Å². The van der Waals surface area contributed by atoms with Crippen LogP contribution in [0.5, 0.6) is 11.8 Å². The number of rotatable bonds is 3. The number of hydrogen-bond acceptors (Lipinski definition) is 4. The summed E-state index contributed by atoms with van der Waals surface area (Å²) in [5, 5.41) is 0. The predicted molar refractivity (Wildman–Crippen MR) is 82.7 cm³/mol. The van der Waals surface area contributed by atoms with E-state index in [0.717, 1.165) is 22.8 Å². The van der Waals surface area contributed by atoms with Crippen molar-refractivity contribution in [2.75, 3.05) is 0 Å². The number of fused-ring (bicyclic) bond motifs is 1. The molecule has 0 saturated carbocycles. The van der Waals surface area contributed by atoms with Crippen LogP contribution in [-0.4, -0.2) is 19.4 Å². The molecule has 0 N–H and O–H groups in total. The lowest BCUT2D eigenvalue weighted by Crippen LogP contribution is -1.96. The van der Waals surface area contributed by atoms with Gasteiger partial charge in [0.25, 0.3) is 0 Å². The molecule has 4 aromatic rings. The number of aromatic nitrogens is 4. The Balaban J connectivity index is 1.61. The highest BCUT2D eigenvalue weighted by atomic mass is 19.2. The van der Waals surface area contributed by atoms with E-state index in [2.05, 4.69) is 15.0 Å². The van der Waals surface area contributed by atoms with Crippen molar-refractivity contribution in [3.8, 4) is 22.9 Å². The summed E-state index contributed by atoms with van der Waals surface area (Å²) in [6.45, 7) is 0. The molecule has 7 heteroatoms. The lowest BCUT2D eigenvalue weighted by atomic mass is 10.1. The van der Waals surface area contributed by atoms with Gasteiger partial charge in [0.05, 0.1) is 0 Å². The van der Waals surface area contributed by atoms with E-state index in [9.17, 15) is 8.78 Å². The average molecular weight is 324 g/mol. The first-order valence-corrected chi connectivity index (χ1v) is 7.08. The van der Waals surface area contributed by atoms with Crippen LogP contribution in [0.3, 0.4) is 0 Å². The third-order valence-electron chi connectivity index (χ3n) is 3.47. The van der Waals surface area contributed by atoms with Gasteiger partial charge in [-0.25, -0.2) is 19.3 Å². The van der Waals surface area contributed by atoms with Gasteiger partial charge >= 0.3 is 6.01 Å². The van der Waals surface area contributed by atoms with E-state index >= 15 is 0 Å². The third kappa shape index (κ3) is 2.56. The van der Waals surface area contributed by atoms with Crippen LogP contribution in [0.25, 0.3) is 16.8 Å². The molecule has 0 bridgehead atoms. The number of hydrogen-bond donors (Lipinski definition) is 0. The number of pyridine rings is 1. The van der Waals surface area contributed by atoms with Gasteiger partial charge in [-0.15, -0.1) is 0 Å². The van der Waals surface area contributed by atoms with Gasteiger partial charge in [0.1, 0.15) is 5.65 Å². The zero-order valence-corrected chi connectivity index (χ0v) is 12.2. The molecule has 0 aliphatic rings. The standard InChI is InChI=1S/C17H10F2N4O/c18-13-2-1-3-14(16(13)19)24-17-21-8-12(9-22-17)11-4-5-15-20-6-7-23(15)10-11/h1-10H. The zero-order chi connectivity index (χ0) is 16.5. The topological polar surface area (TPSA) is 52.3 Å². The number of nitrogens with zero attached hydrogens (tertiary/aromatic N) is 4. The van der Waals surface area contributed by atoms with Crippen molar-refractivity contribution in [3.63, 3.8) is 0 Å². The van der Waals surface area contributed by atoms with Crippen molar-refractivity contribution in [2.45, 2.75) is 0 Å². The van der Waals surface area contributed by atoms with Crippen LogP contribution in [0.15, 0.2) is 61.3 Å². The molecule has 4 rings (SSSR count). The number of benzene rings is 1. The van der Waals surface area contributed by atoms with Gasteiger partial charge in [-0.2, -0.15) is 4.39 Å². The molecule has 0 amide bonds. The molecule has 0 spiro atoms. The summed E-state index contributed by atoms with van der Waals surface area (Å²) in [6, 6.07) is 7.38. The Kier molecular flexibility index (Phi) is 3.38. The van der Waals surface area contributed by atoms with E-state index in [1.54, 1.807) is 18.6 Å². The third-order valence-corrected chi connectivity index (χ3v) is 3.47. The van der Waals surface area contributed by atoms with Crippen LogP contribution in [0.2, 0.25) is 0 Å². The summed E-state index contributed by atoms with van der Waals surface area (Å²) < 4.78 is 33.8. The molecule has 118 valence electrons. The first-order valence-electron chi connectivity index (χ1n) is 7.08. The Labute approximate surface area is 135 Å². The second-order valence-electron chi connectivity index (χ2n) is 5.02. The minimum atomic E-state index is -1.07. The summed E-state index contributed by atoms with van der Waals surface area (Å²) in [6.07, 6.45) is 8.55. The molecule has 0 radical (unpaired) electrons. The highest BCUT2D eigenvalue weighted by Crippen LogP contribution is 2.25. The minimum absolute atomic E-state index is 0.0630. The second-order valence-corrected chi connectivity index (χ2v) is 5.02. The monoisotopic (exact) mass is 324 g/mol. The van der Waals surface area contributed by atoms with E-state index in [1.807, 2.05) is 28.9 Å². The Morgan fingerprint density at radius 3 is 2.58 bits per heavy atom. The highest BCUT2D eigenvalue weighted by Gasteiger charge is 2.11. The largest absolute Gasteiger partial charge is 0.421 e. The molecular weight excluding hydrogens is 314 g/mol. The molecule has 24 heavy (non-hydrogen) atoms. The van der Waals surface area contributed by atoms with E-state index in [1.165, 1.54) is 12.1 Å². The number of ether oxygens (including phenoxy) is 1. The molecule has 0 unspecified atom stereocenters. The highest BCUT2D eigenvalue weighted by molar-refractivity contribution is 5.63. The first kappa shape index (κ1) is 14.3. The van der Waals surface area contributed by atoms with Crippen LogP contribution in [0.1, 0.15) is 0 Å². The summed E-state index contributed by atoms with van der Waals surface area (Å²) in [5.74, 6) is -2.32. The Morgan fingerprint density at radius 2 is 1.75 bits per heavy atom. The molecule has 5 nitrogen and oxygen atoms in total. The van der Waals surface area contributed by atoms with Crippen molar-refractivity contribution in [3.05, 3.63) is 73.0 Å². The molecule has 3 heterocycles. The summed E-state index contributed by atoms with van der Waals surface area (Å²) in [7, 11) is 0. The van der Waals surface area contributed by atoms with Gasteiger partial charge in [0, 0.05) is 42.1 Å². The molecule has 0 fully saturated rings. The van der Waals surface area contributed by atoms with Gasteiger partial charge < -0.3 is 9.14 Å². The number of halogens is 2. The van der Waals surface area contributed by atoms with Crippen molar-refractivity contribution >= 4 is 5.65 Å². The summed E-state index contributed by atoms with van der Waals surface area (Å²) in [4.78, 5) is 12.3. The van der Waals surface area contributed by atoms with Gasteiger partial charge in [0.15, 0.2) is 11.6 Å². The fourth-order valence-corrected chi connectivity index (χ4v) is 2.27. The fraction of sp³-hybridized carbons (Fsp3) is 0. The van der Waals surface area contributed by atoms with Crippen molar-refractivity contribution in [1.29, 1.82) is 0 Å². The lowest BCUT2D eigenvalue weighted by Gasteiger charge is -2.06. The normalized spacial score (nSPS) is 10.9.